The second-order valence-electron chi connectivity index (χ2n) is 6.53. The molecule has 0 saturated heterocycles. The van der Waals surface area contributed by atoms with Crippen molar-refractivity contribution in [3.05, 3.63) is 52.3 Å². The van der Waals surface area contributed by atoms with Gasteiger partial charge in [-0.05, 0) is 27.9 Å². The summed E-state index contributed by atoms with van der Waals surface area (Å²) in [5, 5.41) is 5.93. The average Bonchev–Trinajstić information content (AvgIpc) is 2.78. The monoisotopic (exact) mass is 508 g/mol. The number of ether oxygens (including phenoxy) is 1. The number of hydrogen-bond donors (Lipinski definition) is 2. The predicted molar refractivity (Wildman–Crippen MR) is 122 cm³/mol. The van der Waals surface area contributed by atoms with Crippen molar-refractivity contribution in [2.24, 2.45) is 0 Å². The molecule has 0 saturated carbocycles. The number of halogens is 1. The molecule has 2 aromatic rings. The number of rotatable bonds is 11. The molecule has 1 atom stereocenters. The molecule has 10 heteroatoms. The van der Waals surface area contributed by atoms with Crippen LogP contribution >= 0.6 is 27.7 Å². The number of methoxy groups -OCH3 is 1. The van der Waals surface area contributed by atoms with Crippen LogP contribution in [0, 0.1) is 0 Å². The van der Waals surface area contributed by atoms with E-state index in [1.165, 1.54) is 25.1 Å². The summed E-state index contributed by atoms with van der Waals surface area (Å²) in [4.78, 5) is 45.5. The molecule has 1 aromatic heterocycles. The molecule has 0 radical (unpaired) electrons. The molecular weight excluding hydrogens is 484 g/mol. The number of nitrogens with one attached hydrogen (secondary N) is 2. The van der Waals surface area contributed by atoms with E-state index in [0.717, 1.165) is 17.7 Å². The van der Waals surface area contributed by atoms with Crippen LogP contribution in [0.1, 0.15) is 35.8 Å². The topological polar surface area (TPSA) is 110 Å². The lowest BCUT2D eigenvalue weighted by Gasteiger charge is -2.19. The molecule has 0 spiro atoms. The molecule has 0 fully saturated rings. The van der Waals surface area contributed by atoms with Crippen LogP contribution in [0.25, 0.3) is 0 Å². The Bertz CT molecular complexity index is 898. The lowest BCUT2D eigenvalue weighted by Crippen LogP contribution is -2.48. The lowest BCUT2D eigenvalue weighted by molar-refractivity contribution is -0.140. The zero-order valence-corrected chi connectivity index (χ0v) is 19.8. The van der Waals surface area contributed by atoms with Gasteiger partial charge in [-0.2, -0.15) is 0 Å². The first-order chi connectivity index (χ1) is 14.9. The van der Waals surface area contributed by atoms with Crippen molar-refractivity contribution in [2.75, 3.05) is 19.4 Å². The van der Waals surface area contributed by atoms with Crippen molar-refractivity contribution in [1.82, 2.24) is 20.6 Å². The third-order valence-electron chi connectivity index (χ3n) is 4.13. The number of benzene rings is 1. The van der Waals surface area contributed by atoms with Gasteiger partial charge in [0.2, 0.25) is 5.91 Å². The van der Waals surface area contributed by atoms with Crippen molar-refractivity contribution in [3.63, 3.8) is 0 Å². The zero-order valence-electron chi connectivity index (χ0n) is 17.4. The molecule has 2 amide bonds. The summed E-state index contributed by atoms with van der Waals surface area (Å²) in [6.45, 7) is 2.16. The fraction of sp³-hybridized carbons (Fsp3) is 0.381. The van der Waals surface area contributed by atoms with E-state index in [-0.39, 0.29) is 25.1 Å². The van der Waals surface area contributed by atoms with E-state index >= 15 is 0 Å². The largest absolute Gasteiger partial charge is 0.469 e. The first-order valence-electron chi connectivity index (χ1n) is 9.79. The van der Waals surface area contributed by atoms with Gasteiger partial charge >= 0.3 is 5.97 Å². The van der Waals surface area contributed by atoms with E-state index in [1.807, 2.05) is 37.3 Å². The molecular formula is C21H25BrN4O4S. The minimum Gasteiger partial charge on any atom is -0.469 e. The summed E-state index contributed by atoms with van der Waals surface area (Å²) in [5.74, 6) is -0.475. The van der Waals surface area contributed by atoms with Gasteiger partial charge in [0.1, 0.15) is 11.7 Å². The first-order valence-corrected chi connectivity index (χ1v) is 11.6. The van der Waals surface area contributed by atoms with Crippen LogP contribution < -0.4 is 10.6 Å². The fourth-order valence-electron chi connectivity index (χ4n) is 2.57. The number of esters is 1. The maximum atomic E-state index is 12.9. The summed E-state index contributed by atoms with van der Waals surface area (Å²) < 4.78 is 5.02. The number of nitrogens with zero attached hydrogens (tertiary/aromatic N) is 2. The lowest BCUT2D eigenvalue weighted by atomic mass is 10.0. The third-order valence-corrected chi connectivity index (χ3v) is 5.78. The number of thioether (sulfide) groups is 1. The van der Waals surface area contributed by atoms with Gasteiger partial charge in [-0.3, -0.25) is 14.4 Å². The maximum absolute atomic E-state index is 12.9. The van der Waals surface area contributed by atoms with E-state index in [2.05, 4.69) is 41.3 Å². The third kappa shape index (κ3) is 8.29. The molecule has 0 aliphatic rings. The summed E-state index contributed by atoms with van der Waals surface area (Å²) in [6.07, 6.45) is 2.82. The molecule has 8 nitrogen and oxygen atoms in total. The van der Waals surface area contributed by atoms with E-state index in [9.17, 15) is 14.4 Å². The maximum Gasteiger partial charge on any atom is 0.307 e. The van der Waals surface area contributed by atoms with E-state index in [0.29, 0.717) is 9.63 Å². The van der Waals surface area contributed by atoms with Crippen molar-refractivity contribution in [1.29, 1.82) is 0 Å². The summed E-state index contributed by atoms with van der Waals surface area (Å²) in [6, 6.07) is 8.51. The summed E-state index contributed by atoms with van der Waals surface area (Å²) in [5.41, 5.74) is 1.05. The molecule has 0 bridgehead atoms. The molecule has 0 aliphatic carbocycles. The van der Waals surface area contributed by atoms with Gasteiger partial charge in [0.05, 0.1) is 18.0 Å². The first kappa shape index (κ1) is 24.8. The van der Waals surface area contributed by atoms with Crippen molar-refractivity contribution < 1.29 is 19.1 Å². The van der Waals surface area contributed by atoms with Crippen LogP contribution in [-0.4, -0.2) is 53.2 Å². The van der Waals surface area contributed by atoms with Gasteiger partial charge in [-0.25, -0.2) is 9.97 Å². The Labute approximate surface area is 194 Å². The van der Waals surface area contributed by atoms with Gasteiger partial charge in [-0.15, -0.1) is 0 Å². The number of hydrogen-bond acceptors (Lipinski definition) is 7. The number of carbonyl (C=O) groups is 3. The van der Waals surface area contributed by atoms with E-state index in [1.54, 1.807) is 0 Å². The van der Waals surface area contributed by atoms with E-state index in [4.69, 9.17) is 0 Å². The Morgan fingerprint density at radius 2 is 1.97 bits per heavy atom. The Kier molecular flexibility index (Phi) is 10.5. The van der Waals surface area contributed by atoms with Gasteiger partial charge in [0.25, 0.3) is 5.91 Å². The Balaban J connectivity index is 2.14. The minimum absolute atomic E-state index is 0.0454. The number of aromatic nitrogens is 2. The van der Waals surface area contributed by atoms with Crippen molar-refractivity contribution >= 4 is 45.5 Å². The second kappa shape index (κ2) is 13.1. The molecule has 0 aliphatic heterocycles. The highest BCUT2D eigenvalue weighted by Gasteiger charge is 2.24. The molecule has 166 valence electrons. The highest BCUT2D eigenvalue weighted by Crippen LogP contribution is 2.19. The molecule has 1 unspecified atom stereocenters. The van der Waals surface area contributed by atoms with Crippen molar-refractivity contribution in [2.45, 2.75) is 37.4 Å². The Morgan fingerprint density at radius 1 is 1.23 bits per heavy atom. The van der Waals surface area contributed by atoms with Gasteiger partial charge in [-0.1, -0.05) is 49.0 Å². The van der Waals surface area contributed by atoms with Crippen LogP contribution in [0.3, 0.4) is 0 Å². The predicted octanol–water partition coefficient (Wildman–Crippen LogP) is 2.76. The number of carbonyl (C=O) groups excluding carboxylic acids is 3. The SMILES string of the molecule is CCCSc1ncc(Br)c(C(=O)NC(Cc2ccccc2)C(=O)NCCC(=O)OC)n1. The highest BCUT2D eigenvalue weighted by atomic mass is 79.9. The summed E-state index contributed by atoms with van der Waals surface area (Å²) >= 11 is 4.77. The standard InChI is InChI=1S/C21H25BrN4O4S/c1-3-11-31-21-24-13-15(22)18(26-21)20(29)25-16(12-14-7-5-4-6-8-14)19(28)23-10-9-17(27)30-2/h4-8,13,16H,3,9-12H2,1-2H3,(H,23,28)(H,25,29). The van der Waals surface area contributed by atoms with E-state index < -0.39 is 23.8 Å². The normalized spacial score (nSPS) is 11.5. The van der Waals surface area contributed by atoms with Crippen LogP contribution in [0.4, 0.5) is 0 Å². The van der Waals surface area contributed by atoms with Crippen LogP contribution in [0.15, 0.2) is 46.2 Å². The summed E-state index contributed by atoms with van der Waals surface area (Å²) in [7, 11) is 1.29. The van der Waals surface area contributed by atoms with Crippen molar-refractivity contribution in [3.8, 4) is 0 Å². The average molecular weight is 509 g/mol. The molecule has 2 rings (SSSR count). The Hall–Kier alpha value is -2.46. The van der Waals surface area contributed by atoms with Gasteiger partial charge in [0, 0.05) is 24.9 Å². The smallest absolute Gasteiger partial charge is 0.307 e. The fourth-order valence-corrected chi connectivity index (χ4v) is 3.61. The quantitative estimate of drug-likeness (QED) is 0.272. The van der Waals surface area contributed by atoms with Crippen LogP contribution in [0.2, 0.25) is 0 Å². The molecule has 31 heavy (non-hydrogen) atoms. The van der Waals surface area contributed by atoms with Gasteiger partial charge in [0.15, 0.2) is 5.16 Å². The highest BCUT2D eigenvalue weighted by molar-refractivity contribution is 9.10. The molecule has 1 heterocycles. The molecule has 2 N–H and O–H groups in total. The number of amides is 2. The van der Waals surface area contributed by atoms with Crippen LogP contribution in [0.5, 0.6) is 0 Å². The van der Waals surface area contributed by atoms with Gasteiger partial charge < -0.3 is 15.4 Å². The zero-order chi connectivity index (χ0) is 22.6. The molecule has 1 aromatic carbocycles. The van der Waals surface area contributed by atoms with Crippen LogP contribution in [-0.2, 0) is 20.7 Å². The second-order valence-corrected chi connectivity index (χ2v) is 8.45. The Morgan fingerprint density at radius 3 is 2.65 bits per heavy atom. The minimum atomic E-state index is -0.846.